The van der Waals surface area contributed by atoms with Gasteiger partial charge in [-0.05, 0) is 25.8 Å². The van der Waals surface area contributed by atoms with Crippen molar-refractivity contribution in [1.82, 2.24) is 16.0 Å². The largest absolute Gasteiger partial charge is 0.496 e. The topological polar surface area (TPSA) is 93.2 Å². The Bertz CT molecular complexity index is 666. The summed E-state index contributed by atoms with van der Waals surface area (Å²) in [5, 5.41) is 9.34. The first kappa shape index (κ1) is 24.1. The third kappa shape index (κ3) is 7.25. The molecule has 1 amide bonds. The summed E-state index contributed by atoms with van der Waals surface area (Å²) in [6.07, 6.45) is 2.02. The number of halogens is 1. The average molecular weight is 506 g/mol. The molecule has 158 valence electrons. The number of ether oxygens (including phenoxy) is 3. The Hall–Kier alpha value is -1.91. The van der Waals surface area contributed by atoms with Gasteiger partial charge in [0.25, 0.3) is 0 Å². The number of aliphatic imine (C=N–C) groups is 1. The summed E-state index contributed by atoms with van der Waals surface area (Å²) in [5.74, 6) is 2.97. The molecule has 1 saturated carbocycles. The van der Waals surface area contributed by atoms with Crippen molar-refractivity contribution in [3.63, 3.8) is 0 Å². The normalized spacial score (nSPS) is 13.2. The van der Waals surface area contributed by atoms with Crippen molar-refractivity contribution in [2.24, 2.45) is 10.9 Å². The number of rotatable bonds is 10. The van der Waals surface area contributed by atoms with Gasteiger partial charge in [-0.15, -0.1) is 24.0 Å². The van der Waals surface area contributed by atoms with E-state index in [0.717, 1.165) is 24.9 Å². The molecule has 9 heteroatoms. The molecule has 1 aliphatic carbocycles. The van der Waals surface area contributed by atoms with Crippen LogP contribution in [0.2, 0.25) is 0 Å². The molecule has 0 aliphatic heterocycles. The zero-order valence-electron chi connectivity index (χ0n) is 17.0. The van der Waals surface area contributed by atoms with Gasteiger partial charge in [-0.3, -0.25) is 4.79 Å². The summed E-state index contributed by atoms with van der Waals surface area (Å²) in [5.41, 5.74) is 0.884. The van der Waals surface area contributed by atoms with Crippen LogP contribution in [0, 0.1) is 5.92 Å². The van der Waals surface area contributed by atoms with E-state index in [1.807, 2.05) is 13.0 Å². The van der Waals surface area contributed by atoms with Gasteiger partial charge in [-0.2, -0.15) is 0 Å². The molecule has 1 aromatic carbocycles. The van der Waals surface area contributed by atoms with E-state index in [1.54, 1.807) is 27.4 Å². The monoisotopic (exact) mass is 506 g/mol. The number of hydrogen-bond acceptors (Lipinski definition) is 5. The molecule has 1 aliphatic rings. The van der Waals surface area contributed by atoms with Crippen molar-refractivity contribution < 1.29 is 19.0 Å². The Kier molecular flexibility index (Phi) is 10.8. The van der Waals surface area contributed by atoms with E-state index in [2.05, 4.69) is 20.9 Å². The van der Waals surface area contributed by atoms with Crippen LogP contribution in [0.4, 0.5) is 0 Å². The second-order valence-corrected chi connectivity index (χ2v) is 6.21. The van der Waals surface area contributed by atoms with Crippen molar-refractivity contribution in [2.45, 2.75) is 26.3 Å². The Morgan fingerprint density at radius 1 is 1.00 bits per heavy atom. The molecule has 1 fully saturated rings. The molecular weight excluding hydrogens is 475 g/mol. The Morgan fingerprint density at radius 2 is 1.61 bits per heavy atom. The van der Waals surface area contributed by atoms with Crippen LogP contribution in [0.3, 0.4) is 0 Å². The lowest BCUT2D eigenvalue weighted by Crippen LogP contribution is -2.41. The highest BCUT2D eigenvalue weighted by molar-refractivity contribution is 14.0. The maximum absolute atomic E-state index is 11.6. The second-order valence-electron chi connectivity index (χ2n) is 6.21. The lowest BCUT2D eigenvalue weighted by molar-refractivity contribution is -0.122. The van der Waals surface area contributed by atoms with Crippen LogP contribution in [-0.2, 0) is 11.3 Å². The standard InChI is InChI=1S/C19H30N4O4.HI/c1-5-20-19(22-9-8-21-18(24)13-6-7-13)23-12-14-10-16(26-3)17(27-4)11-15(14)25-2;/h10-11,13H,5-9,12H2,1-4H3,(H,21,24)(H2,20,22,23);1H. The third-order valence-electron chi connectivity index (χ3n) is 4.20. The van der Waals surface area contributed by atoms with Gasteiger partial charge in [0.15, 0.2) is 17.5 Å². The lowest BCUT2D eigenvalue weighted by Gasteiger charge is -2.14. The molecule has 0 unspecified atom stereocenters. The smallest absolute Gasteiger partial charge is 0.223 e. The highest BCUT2D eigenvalue weighted by atomic mass is 127. The summed E-state index contributed by atoms with van der Waals surface area (Å²) < 4.78 is 16.1. The maximum atomic E-state index is 11.6. The van der Waals surface area contributed by atoms with Gasteiger partial charge in [0, 0.05) is 37.2 Å². The molecule has 28 heavy (non-hydrogen) atoms. The van der Waals surface area contributed by atoms with E-state index >= 15 is 0 Å². The number of benzene rings is 1. The van der Waals surface area contributed by atoms with Gasteiger partial charge in [0.05, 0.1) is 27.9 Å². The van der Waals surface area contributed by atoms with Crippen LogP contribution in [0.5, 0.6) is 17.2 Å². The van der Waals surface area contributed by atoms with E-state index in [0.29, 0.717) is 42.8 Å². The quantitative estimate of drug-likeness (QED) is 0.194. The van der Waals surface area contributed by atoms with Crippen LogP contribution in [-0.4, -0.2) is 52.8 Å². The fourth-order valence-electron chi connectivity index (χ4n) is 2.58. The van der Waals surface area contributed by atoms with Gasteiger partial charge >= 0.3 is 0 Å². The molecule has 1 aromatic rings. The minimum Gasteiger partial charge on any atom is -0.496 e. The number of nitrogens with zero attached hydrogens (tertiary/aromatic N) is 1. The van der Waals surface area contributed by atoms with Crippen molar-refractivity contribution >= 4 is 35.8 Å². The van der Waals surface area contributed by atoms with Crippen molar-refractivity contribution in [2.75, 3.05) is 41.0 Å². The van der Waals surface area contributed by atoms with Gasteiger partial charge in [-0.25, -0.2) is 4.99 Å². The van der Waals surface area contributed by atoms with E-state index < -0.39 is 0 Å². The number of carbonyl (C=O) groups excluding carboxylic acids is 1. The molecule has 2 rings (SSSR count). The summed E-state index contributed by atoms with van der Waals surface area (Å²) in [7, 11) is 4.80. The highest BCUT2D eigenvalue weighted by Gasteiger charge is 2.28. The number of methoxy groups -OCH3 is 3. The first-order valence-corrected chi connectivity index (χ1v) is 9.21. The molecule has 0 radical (unpaired) electrons. The van der Waals surface area contributed by atoms with E-state index in [-0.39, 0.29) is 35.8 Å². The number of carbonyl (C=O) groups is 1. The fourth-order valence-corrected chi connectivity index (χ4v) is 2.58. The van der Waals surface area contributed by atoms with Crippen LogP contribution >= 0.6 is 24.0 Å². The Morgan fingerprint density at radius 3 is 2.18 bits per heavy atom. The van der Waals surface area contributed by atoms with Crippen molar-refractivity contribution in [3.05, 3.63) is 17.7 Å². The first-order valence-electron chi connectivity index (χ1n) is 9.21. The Labute approximate surface area is 183 Å². The average Bonchev–Trinajstić information content (AvgIpc) is 3.53. The molecule has 0 saturated heterocycles. The van der Waals surface area contributed by atoms with Crippen LogP contribution in [0.25, 0.3) is 0 Å². The highest BCUT2D eigenvalue weighted by Crippen LogP contribution is 2.34. The van der Waals surface area contributed by atoms with Crippen molar-refractivity contribution in [1.29, 1.82) is 0 Å². The fraction of sp³-hybridized carbons (Fsp3) is 0.579. The first-order chi connectivity index (χ1) is 13.1. The second kappa shape index (κ2) is 12.5. The van der Waals surface area contributed by atoms with Gasteiger partial charge in [-0.1, -0.05) is 0 Å². The third-order valence-corrected chi connectivity index (χ3v) is 4.20. The number of hydrogen-bond donors (Lipinski definition) is 3. The SMILES string of the molecule is CCNC(=NCc1cc(OC)c(OC)cc1OC)NCCNC(=O)C1CC1.I. The summed E-state index contributed by atoms with van der Waals surface area (Å²) in [4.78, 5) is 16.2. The van der Waals surface area contributed by atoms with E-state index in [4.69, 9.17) is 14.2 Å². The van der Waals surface area contributed by atoms with Gasteiger partial charge < -0.3 is 30.2 Å². The maximum Gasteiger partial charge on any atom is 0.223 e. The molecule has 3 N–H and O–H groups in total. The zero-order valence-corrected chi connectivity index (χ0v) is 19.3. The Balaban J connectivity index is 0.00000392. The number of nitrogens with one attached hydrogen (secondary N) is 3. The molecule has 0 heterocycles. The minimum atomic E-state index is 0. The number of amides is 1. The predicted molar refractivity (Wildman–Crippen MR) is 120 cm³/mol. The van der Waals surface area contributed by atoms with Gasteiger partial charge in [0.2, 0.25) is 5.91 Å². The molecule has 0 bridgehead atoms. The van der Waals surface area contributed by atoms with Crippen LogP contribution in [0.15, 0.2) is 17.1 Å². The molecule has 0 spiro atoms. The van der Waals surface area contributed by atoms with E-state index in [9.17, 15) is 4.79 Å². The summed E-state index contributed by atoms with van der Waals surface area (Å²) in [6.45, 7) is 4.33. The van der Waals surface area contributed by atoms with Crippen molar-refractivity contribution in [3.8, 4) is 17.2 Å². The molecular formula is C19H31IN4O4. The van der Waals surface area contributed by atoms with Gasteiger partial charge in [0.1, 0.15) is 5.75 Å². The molecule has 0 aromatic heterocycles. The summed E-state index contributed by atoms with van der Waals surface area (Å²) >= 11 is 0. The zero-order chi connectivity index (χ0) is 19.6. The number of guanidine groups is 1. The van der Waals surface area contributed by atoms with Crippen LogP contribution in [0.1, 0.15) is 25.3 Å². The van der Waals surface area contributed by atoms with E-state index in [1.165, 1.54) is 0 Å². The molecule has 0 atom stereocenters. The summed E-state index contributed by atoms with van der Waals surface area (Å²) in [6, 6.07) is 3.65. The van der Waals surface area contributed by atoms with Crippen LogP contribution < -0.4 is 30.2 Å². The minimum absolute atomic E-state index is 0. The molecule has 8 nitrogen and oxygen atoms in total. The lowest BCUT2D eigenvalue weighted by atomic mass is 10.1. The predicted octanol–water partition coefficient (Wildman–Crippen LogP) is 1.91.